The first-order valence-electron chi connectivity index (χ1n) is 6.99. The van der Waals surface area contributed by atoms with Gasteiger partial charge in [0, 0.05) is 6.07 Å². The van der Waals surface area contributed by atoms with Crippen molar-refractivity contribution in [3.05, 3.63) is 33.7 Å². The Kier molecular flexibility index (Phi) is 6.48. The Morgan fingerprint density at radius 3 is 2.46 bits per heavy atom. The highest BCUT2D eigenvalue weighted by Gasteiger charge is 2.34. The van der Waals surface area contributed by atoms with Crippen LogP contribution in [0.15, 0.2) is 27.9 Å². The summed E-state index contributed by atoms with van der Waals surface area (Å²) in [5, 5.41) is 0. The van der Waals surface area contributed by atoms with Crippen molar-refractivity contribution in [1.82, 2.24) is 0 Å². The molecule has 0 N–H and O–H groups in total. The second kappa shape index (κ2) is 8.41. The zero-order valence-electron chi connectivity index (χ0n) is 13.6. The molecule has 142 valence electrons. The minimum absolute atomic E-state index is 0.123. The second-order valence-corrected chi connectivity index (χ2v) is 5.68. The molecule has 1 aliphatic rings. The van der Waals surface area contributed by atoms with Crippen molar-refractivity contribution < 1.29 is 41.7 Å². The number of hydrogen-bond acceptors (Lipinski definition) is 7. The molecule has 0 aromatic heterocycles. The summed E-state index contributed by atoms with van der Waals surface area (Å²) >= 11 is 2.94. The number of hydrogen-bond donors (Lipinski definition) is 0. The van der Waals surface area contributed by atoms with Crippen molar-refractivity contribution in [2.24, 2.45) is 0 Å². The van der Waals surface area contributed by atoms with Gasteiger partial charge in [-0.15, -0.1) is 0 Å². The lowest BCUT2D eigenvalue weighted by Crippen LogP contribution is -2.39. The predicted octanol–water partition coefficient (Wildman–Crippen LogP) is 2.58. The average molecular weight is 440 g/mol. The van der Waals surface area contributed by atoms with Gasteiger partial charge < -0.3 is 23.8 Å². The molecular formula is C15H13BrF3NO6. The maximum Gasteiger partial charge on any atom is 0.387 e. The summed E-state index contributed by atoms with van der Waals surface area (Å²) in [7, 11) is 2.16. The number of anilines is 1. The van der Waals surface area contributed by atoms with Crippen LogP contribution in [0, 0.1) is 5.82 Å². The molecule has 0 saturated carbocycles. The van der Waals surface area contributed by atoms with Crippen LogP contribution in [0.2, 0.25) is 0 Å². The molecule has 7 nitrogen and oxygen atoms in total. The van der Waals surface area contributed by atoms with Gasteiger partial charge in [-0.2, -0.15) is 8.78 Å². The molecule has 0 spiro atoms. The summed E-state index contributed by atoms with van der Waals surface area (Å²) in [6.07, 6.45) is 0. The lowest BCUT2D eigenvalue weighted by Gasteiger charge is -2.32. The van der Waals surface area contributed by atoms with Gasteiger partial charge in [-0.3, -0.25) is 0 Å². The monoisotopic (exact) mass is 439 g/mol. The number of rotatable bonds is 5. The SMILES string of the molecule is COC(=O)C1=C(C(=O)OC)N(c2cc(F)cc(Br)c2OC(F)F)COC1. The molecule has 11 heteroatoms. The molecule has 2 rings (SSSR count). The molecule has 0 atom stereocenters. The van der Waals surface area contributed by atoms with E-state index < -0.39 is 30.1 Å². The molecule has 1 aromatic carbocycles. The van der Waals surface area contributed by atoms with Crippen molar-refractivity contribution >= 4 is 33.6 Å². The van der Waals surface area contributed by atoms with E-state index in [2.05, 4.69) is 30.1 Å². The smallest absolute Gasteiger partial charge is 0.387 e. The molecule has 0 fully saturated rings. The fourth-order valence-corrected chi connectivity index (χ4v) is 2.80. The molecule has 0 saturated heterocycles. The largest absolute Gasteiger partial charge is 0.466 e. The first-order chi connectivity index (χ1) is 12.3. The molecule has 26 heavy (non-hydrogen) atoms. The Balaban J connectivity index is 2.68. The molecule has 0 aliphatic carbocycles. The van der Waals surface area contributed by atoms with Gasteiger partial charge in [0.25, 0.3) is 0 Å². The quantitative estimate of drug-likeness (QED) is 0.652. The number of esters is 2. The molecule has 1 aliphatic heterocycles. The number of carbonyl (C=O) groups excluding carboxylic acids is 2. The summed E-state index contributed by atoms with van der Waals surface area (Å²) in [6.45, 7) is -3.85. The Morgan fingerprint density at radius 2 is 1.88 bits per heavy atom. The number of halogens is 4. The highest BCUT2D eigenvalue weighted by molar-refractivity contribution is 9.10. The van der Waals surface area contributed by atoms with E-state index in [0.29, 0.717) is 0 Å². The first-order valence-corrected chi connectivity index (χ1v) is 7.78. The average Bonchev–Trinajstić information content (AvgIpc) is 2.61. The van der Waals surface area contributed by atoms with E-state index in [1.54, 1.807) is 0 Å². The normalized spacial score (nSPS) is 14.5. The first kappa shape index (κ1) is 20.0. The highest BCUT2D eigenvalue weighted by atomic mass is 79.9. The molecular weight excluding hydrogens is 427 g/mol. The minimum atomic E-state index is -3.22. The van der Waals surface area contributed by atoms with Crippen molar-refractivity contribution in [3.8, 4) is 5.75 Å². The summed E-state index contributed by atoms with van der Waals surface area (Å²) in [5.41, 5.74) is -0.810. The van der Waals surface area contributed by atoms with Crippen molar-refractivity contribution in [1.29, 1.82) is 0 Å². The number of ether oxygens (including phenoxy) is 4. The number of alkyl halides is 2. The van der Waals surface area contributed by atoms with Crippen molar-refractivity contribution in [2.75, 3.05) is 32.5 Å². The van der Waals surface area contributed by atoms with E-state index in [-0.39, 0.29) is 34.8 Å². The van der Waals surface area contributed by atoms with Gasteiger partial charge in [-0.1, -0.05) is 0 Å². The van der Waals surface area contributed by atoms with Gasteiger partial charge in [0.2, 0.25) is 0 Å². The maximum atomic E-state index is 13.9. The molecule has 0 unspecified atom stereocenters. The lowest BCUT2D eigenvalue weighted by molar-refractivity contribution is -0.140. The Morgan fingerprint density at radius 1 is 1.23 bits per heavy atom. The van der Waals surface area contributed by atoms with Gasteiger partial charge in [0.15, 0.2) is 5.75 Å². The van der Waals surface area contributed by atoms with Crippen LogP contribution in [0.1, 0.15) is 0 Å². The molecule has 0 bridgehead atoms. The van der Waals surface area contributed by atoms with Crippen LogP contribution in [-0.2, 0) is 23.8 Å². The summed E-state index contributed by atoms with van der Waals surface area (Å²) in [6, 6.07) is 1.77. The predicted molar refractivity (Wildman–Crippen MR) is 85.1 cm³/mol. The molecule has 1 aromatic rings. The van der Waals surface area contributed by atoms with Gasteiger partial charge in [0.1, 0.15) is 18.2 Å². The van der Waals surface area contributed by atoms with Crippen molar-refractivity contribution in [3.63, 3.8) is 0 Å². The van der Waals surface area contributed by atoms with E-state index in [1.165, 1.54) is 0 Å². The second-order valence-electron chi connectivity index (χ2n) is 4.83. The molecule has 0 amide bonds. The fraction of sp³-hybridized carbons (Fsp3) is 0.333. The van der Waals surface area contributed by atoms with Crippen molar-refractivity contribution in [2.45, 2.75) is 6.61 Å². The molecule has 1 heterocycles. The summed E-state index contributed by atoms with van der Waals surface area (Å²) in [4.78, 5) is 25.1. The van der Waals surface area contributed by atoms with Gasteiger partial charge in [-0.25, -0.2) is 14.0 Å². The zero-order valence-corrected chi connectivity index (χ0v) is 15.1. The van der Waals surface area contributed by atoms with Crippen LogP contribution >= 0.6 is 15.9 Å². The Hall–Kier alpha value is -2.27. The van der Waals surface area contributed by atoms with Crippen LogP contribution in [0.25, 0.3) is 0 Å². The van der Waals surface area contributed by atoms with E-state index in [1.807, 2.05) is 0 Å². The number of methoxy groups -OCH3 is 2. The Bertz CT molecular complexity index is 755. The topological polar surface area (TPSA) is 74.3 Å². The lowest BCUT2D eigenvalue weighted by atomic mass is 10.1. The van der Waals surface area contributed by atoms with Crippen LogP contribution in [-0.4, -0.2) is 46.1 Å². The van der Waals surface area contributed by atoms with Gasteiger partial charge in [-0.05, 0) is 22.0 Å². The van der Waals surface area contributed by atoms with E-state index >= 15 is 0 Å². The molecule has 0 radical (unpaired) electrons. The number of nitrogens with zero attached hydrogens (tertiary/aromatic N) is 1. The summed E-state index contributed by atoms with van der Waals surface area (Å²) < 4.78 is 58.2. The number of benzene rings is 1. The maximum absolute atomic E-state index is 13.9. The van der Waals surface area contributed by atoms with Crippen LogP contribution < -0.4 is 9.64 Å². The third-order valence-electron chi connectivity index (χ3n) is 3.32. The van der Waals surface area contributed by atoms with Gasteiger partial charge >= 0.3 is 18.6 Å². The minimum Gasteiger partial charge on any atom is -0.466 e. The van der Waals surface area contributed by atoms with Gasteiger partial charge in [0.05, 0.1) is 36.6 Å². The third kappa shape index (κ3) is 4.10. The standard InChI is InChI=1S/C15H13BrF3NO6/c1-23-13(21)8-5-25-6-20(11(8)14(22)24-2)10-4-7(17)3-9(16)12(10)26-15(18)19/h3-4,15H,5-6H2,1-2H3. The van der Waals surface area contributed by atoms with E-state index in [4.69, 9.17) is 4.74 Å². The highest BCUT2D eigenvalue weighted by Crippen LogP contribution is 2.40. The third-order valence-corrected chi connectivity index (χ3v) is 3.91. The fourth-order valence-electron chi connectivity index (χ4n) is 2.29. The van der Waals surface area contributed by atoms with Crippen LogP contribution in [0.5, 0.6) is 5.75 Å². The van der Waals surface area contributed by atoms with Crippen LogP contribution in [0.3, 0.4) is 0 Å². The van der Waals surface area contributed by atoms with E-state index in [0.717, 1.165) is 31.3 Å². The zero-order chi connectivity index (χ0) is 19.4. The Labute approximate surface area is 154 Å². The summed E-state index contributed by atoms with van der Waals surface area (Å²) in [5.74, 6) is -3.10. The van der Waals surface area contributed by atoms with Crippen LogP contribution in [0.4, 0.5) is 18.9 Å². The van der Waals surface area contributed by atoms with E-state index in [9.17, 15) is 22.8 Å². The number of carbonyl (C=O) groups is 2.